The molecule has 6 heteroatoms. The molecule has 0 spiro atoms. The third kappa shape index (κ3) is 4.01. The predicted molar refractivity (Wildman–Crippen MR) is 107 cm³/mol. The van der Waals surface area contributed by atoms with E-state index >= 15 is 0 Å². The van der Waals surface area contributed by atoms with Crippen molar-refractivity contribution in [3.8, 4) is 5.75 Å². The minimum Gasteiger partial charge on any atom is -0.497 e. The highest BCUT2D eigenvalue weighted by atomic mass is 16.5. The summed E-state index contributed by atoms with van der Waals surface area (Å²) in [5, 5.41) is 2.87. The Morgan fingerprint density at radius 1 is 1.14 bits per heavy atom. The lowest BCUT2D eigenvalue weighted by molar-refractivity contribution is -0.122. The standard InChI is InChI=1S/C23H22N2O4/c1-28-18-10-8-16(9-11-18)21(13-22(26)24-14-19-6-4-12-29-19)25-15-17-5-2-3-7-20(17)23(25)27/h2-12,21H,13-15H2,1H3,(H,24,26)/t21-/m1/s1. The zero-order valence-corrected chi connectivity index (χ0v) is 16.1. The molecule has 1 aliphatic heterocycles. The van der Waals surface area contributed by atoms with Crippen molar-refractivity contribution in [1.82, 2.24) is 10.2 Å². The van der Waals surface area contributed by atoms with Gasteiger partial charge in [-0.05, 0) is 41.5 Å². The second-order valence-corrected chi connectivity index (χ2v) is 6.94. The fourth-order valence-corrected chi connectivity index (χ4v) is 3.61. The van der Waals surface area contributed by atoms with Crippen LogP contribution in [0.25, 0.3) is 0 Å². The van der Waals surface area contributed by atoms with Gasteiger partial charge >= 0.3 is 0 Å². The first-order chi connectivity index (χ1) is 14.2. The van der Waals surface area contributed by atoms with Gasteiger partial charge in [0, 0.05) is 12.1 Å². The van der Waals surface area contributed by atoms with Gasteiger partial charge in [-0.25, -0.2) is 0 Å². The van der Waals surface area contributed by atoms with Gasteiger partial charge in [-0.15, -0.1) is 0 Å². The van der Waals surface area contributed by atoms with Crippen LogP contribution in [0.1, 0.15) is 39.7 Å². The van der Waals surface area contributed by atoms with Crippen molar-refractivity contribution in [1.29, 1.82) is 0 Å². The molecule has 2 heterocycles. The summed E-state index contributed by atoms with van der Waals surface area (Å²) in [6.07, 6.45) is 1.73. The minimum atomic E-state index is -0.377. The van der Waals surface area contributed by atoms with Gasteiger partial charge in [0.2, 0.25) is 5.91 Å². The van der Waals surface area contributed by atoms with Gasteiger partial charge in [0.15, 0.2) is 0 Å². The van der Waals surface area contributed by atoms with E-state index in [0.29, 0.717) is 24.4 Å². The molecule has 0 aliphatic carbocycles. The maximum atomic E-state index is 13.0. The summed E-state index contributed by atoms with van der Waals surface area (Å²) >= 11 is 0. The number of carbonyl (C=O) groups is 2. The Labute approximate surface area is 169 Å². The first kappa shape index (κ1) is 18.8. The number of hydrogen-bond donors (Lipinski definition) is 1. The van der Waals surface area contributed by atoms with Gasteiger partial charge in [0.1, 0.15) is 11.5 Å². The Balaban J connectivity index is 1.56. The lowest BCUT2D eigenvalue weighted by Gasteiger charge is -2.28. The van der Waals surface area contributed by atoms with E-state index in [1.807, 2.05) is 54.6 Å². The summed E-state index contributed by atoms with van der Waals surface area (Å²) < 4.78 is 10.5. The number of nitrogens with zero attached hydrogens (tertiary/aromatic N) is 1. The molecular weight excluding hydrogens is 368 g/mol. The van der Waals surface area contributed by atoms with E-state index in [9.17, 15) is 9.59 Å². The van der Waals surface area contributed by atoms with Crippen molar-refractivity contribution in [2.75, 3.05) is 7.11 Å². The minimum absolute atomic E-state index is 0.0553. The molecule has 1 aliphatic rings. The molecule has 1 atom stereocenters. The number of amides is 2. The Bertz CT molecular complexity index is 996. The van der Waals surface area contributed by atoms with Gasteiger partial charge in [0.05, 0.1) is 32.4 Å². The normalized spacial score (nSPS) is 13.8. The topological polar surface area (TPSA) is 71.8 Å². The highest BCUT2D eigenvalue weighted by Crippen LogP contribution is 2.34. The van der Waals surface area contributed by atoms with Crippen LogP contribution in [0.15, 0.2) is 71.3 Å². The van der Waals surface area contributed by atoms with Crippen LogP contribution >= 0.6 is 0 Å². The Kier molecular flexibility index (Phi) is 5.33. The SMILES string of the molecule is COc1ccc([C@@H](CC(=O)NCc2ccco2)N2Cc3ccccc3C2=O)cc1. The number of ether oxygens (including phenoxy) is 1. The Morgan fingerprint density at radius 3 is 2.62 bits per heavy atom. The maximum Gasteiger partial charge on any atom is 0.255 e. The number of rotatable bonds is 7. The average molecular weight is 390 g/mol. The van der Waals surface area contributed by atoms with E-state index in [2.05, 4.69) is 5.32 Å². The van der Waals surface area contributed by atoms with E-state index in [-0.39, 0.29) is 24.3 Å². The number of fused-ring (bicyclic) bond motifs is 1. The summed E-state index contributed by atoms with van der Waals surface area (Å²) in [7, 11) is 1.61. The van der Waals surface area contributed by atoms with Gasteiger partial charge in [0.25, 0.3) is 5.91 Å². The van der Waals surface area contributed by atoms with E-state index in [1.54, 1.807) is 24.3 Å². The van der Waals surface area contributed by atoms with Crippen molar-refractivity contribution in [2.24, 2.45) is 0 Å². The molecule has 29 heavy (non-hydrogen) atoms. The summed E-state index contributed by atoms with van der Waals surface area (Å²) in [6.45, 7) is 0.798. The Hall–Kier alpha value is -3.54. The molecule has 0 fully saturated rings. The molecule has 1 aromatic heterocycles. The summed E-state index contributed by atoms with van der Waals surface area (Å²) in [6, 6.07) is 18.3. The first-order valence-electron chi connectivity index (χ1n) is 9.47. The maximum absolute atomic E-state index is 13.0. The molecule has 2 aromatic carbocycles. The molecule has 0 unspecified atom stereocenters. The van der Waals surface area contributed by atoms with Crippen LogP contribution in [-0.2, 0) is 17.9 Å². The molecule has 0 saturated heterocycles. The van der Waals surface area contributed by atoms with Crippen molar-refractivity contribution in [3.63, 3.8) is 0 Å². The van der Waals surface area contributed by atoms with Gasteiger partial charge in [-0.3, -0.25) is 9.59 Å². The molecule has 0 saturated carbocycles. The zero-order valence-electron chi connectivity index (χ0n) is 16.1. The predicted octanol–water partition coefficient (Wildman–Crippen LogP) is 3.69. The molecule has 4 rings (SSSR count). The zero-order chi connectivity index (χ0) is 20.2. The summed E-state index contributed by atoms with van der Waals surface area (Å²) in [4.78, 5) is 27.4. The third-order valence-electron chi connectivity index (χ3n) is 5.14. The van der Waals surface area contributed by atoms with Crippen molar-refractivity contribution in [3.05, 3.63) is 89.4 Å². The molecule has 148 valence electrons. The van der Waals surface area contributed by atoms with Gasteiger partial charge in [-0.1, -0.05) is 30.3 Å². The van der Waals surface area contributed by atoms with E-state index in [4.69, 9.17) is 9.15 Å². The lowest BCUT2D eigenvalue weighted by atomic mass is 10.0. The summed E-state index contributed by atoms with van der Waals surface area (Å²) in [5.41, 5.74) is 2.56. The second-order valence-electron chi connectivity index (χ2n) is 6.94. The van der Waals surface area contributed by atoms with Crippen molar-refractivity contribution >= 4 is 11.8 Å². The molecular formula is C23H22N2O4. The largest absolute Gasteiger partial charge is 0.497 e. The van der Waals surface area contributed by atoms with Gasteiger partial charge in [-0.2, -0.15) is 0 Å². The Morgan fingerprint density at radius 2 is 1.93 bits per heavy atom. The van der Waals surface area contributed by atoms with Gasteiger partial charge < -0.3 is 19.4 Å². The number of nitrogens with one attached hydrogen (secondary N) is 1. The van der Waals surface area contributed by atoms with E-state index in [1.165, 1.54) is 0 Å². The molecule has 2 amide bonds. The second kappa shape index (κ2) is 8.22. The molecule has 1 N–H and O–H groups in total. The molecule has 0 bridgehead atoms. The van der Waals surface area contributed by atoms with Crippen LogP contribution in [0.5, 0.6) is 5.75 Å². The van der Waals surface area contributed by atoms with Crippen LogP contribution in [0.2, 0.25) is 0 Å². The number of hydrogen-bond acceptors (Lipinski definition) is 4. The van der Waals surface area contributed by atoms with Crippen LogP contribution in [0.4, 0.5) is 0 Å². The van der Waals surface area contributed by atoms with E-state index < -0.39 is 0 Å². The number of methoxy groups -OCH3 is 1. The van der Waals surface area contributed by atoms with Crippen LogP contribution in [-0.4, -0.2) is 23.8 Å². The molecule has 3 aromatic rings. The van der Waals surface area contributed by atoms with Crippen LogP contribution < -0.4 is 10.1 Å². The monoisotopic (exact) mass is 390 g/mol. The van der Waals surface area contributed by atoms with Crippen molar-refractivity contribution < 1.29 is 18.7 Å². The quantitative estimate of drug-likeness (QED) is 0.668. The van der Waals surface area contributed by atoms with E-state index in [0.717, 1.165) is 16.9 Å². The number of benzene rings is 2. The highest BCUT2D eigenvalue weighted by molar-refractivity contribution is 5.98. The first-order valence-corrected chi connectivity index (χ1v) is 9.47. The molecule has 6 nitrogen and oxygen atoms in total. The van der Waals surface area contributed by atoms with Crippen molar-refractivity contribution in [2.45, 2.75) is 25.6 Å². The lowest BCUT2D eigenvalue weighted by Crippen LogP contribution is -2.34. The smallest absolute Gasteiger partial charge is 0.255 e. The number of carbonyl (C=O) groups excluding carboxylic acids is 2. The number of furan rings is 1. The van der Waals surface area contributed by atoms with Crippen LogP contribution in [0.3, 0.4) is 0 Å². The molecule has 0 radical (unpaired) electrons. The van der Waals surface area contributed by atoms with Crippen LogP contribution in [0, 0.1) is 0 Å². The fraction of sp³-hybridized carbons (Fsp3) is 0.217. The average Bonchev–Trinajstić information content (AvgIpc) is 3.39. The fourth-order valence-electron chi connectivity index (χ4n) is 3.61. The summed E-state index contributed by atoms with van der Waals surface area (Å²) in [5.74, 6) is 1.21. The highest BCUT2D eigenvalue weighted by Gasteiger charge is 2.34. The third-order valence-corrected chi connectivity index (χ3v) is 5.14.